The first-order valence-electron chi connectivity index (χ1n) is 7.42. The molecule has 2 heterocycles. The van der Waals surface area contributed by atoms with Crippen molar-refractivity contribution in [2.75, 3.05) is 25.2 Å². The summed E-state index contributed by atoms with van der Waals surface area (Å²) in [6.07, 6.45) is 3.95. The molecule has 1 aliphatic rings. The lowest BCUT2D eigenvalue weighted by molar-refractivity contribution is 0.621. The number of anilines is 1. The van der Waals surface area contributed by atoms with Crippen LogP contribution in [0.1, 0.15) is 18.1 Å². The maximum atomic E-state index is 13.2. The fraction of sp³-hybridized carbons (Fsp3) is 0.235. The number of rotatable bonds is 4. The van der Waals surface area contributed by atoms with Crippen molar-refractivity contribution in [2.45, 2.75) is 6.92 Å². The van der Waals surface area contributed by atoms with E-state index in [-0.39, 0.29) is 16.5 Å². The van der Waals surface area contributed by atoms with Crippen molar-refractivity contribution in [3.05, 3.63) is 59.5 Å². The van der Waals surface area contributed by atoms with E-state index in [4.69, 9.17) is 0 Å². The molecule has 1 atom stereocenters. The Kier molecular flexibility index (Phi) is 4.43. The molecule has 0 spiro atoms. The lowest BCUT2D eigenvalue weighted by atomic mass is 10.0. The number of nitrogens with zero attached hydrogens (tertiary/aromatic N) is 3. The van der Waals surface area contributed by atoms with Gasteiger partial charge in [0.25, 0.3) is 0 Å². The van der Waals surface area contributed by atoms with E-state index in [9.17, 15) is 4.39 Å². The number of pyridine rings is 1. The third-order valence-corrected chi connectivity index (χ3v) is 5.54. The minimum Gasteiger partial charge on any atom is -0.370 e. The number of benzene rings is 1. The molecule has 1 unspecified atom stereocenters. The zero-order valence-corrected chi connectivity index (χ0v) is 14.2. The van der Waals surface area contributed by atoms with E-state index >= 15 is 0 Å². The zero-order chi connectivity index (χ0) is 16.4. The average Bonchev–Trinajstić information content (AvgIpc) is 2.84. The van der Waals surface area contributed by atoms with Crippen LogP contribution in [0, 0.1) is 5.82 Å². The van der Waals surface area contributed by atoms with Gasteiger partial charge in [0.15, 0.2) is 0 Å². The summed E-state index contributed by atoms with van der Waals surface area (Å²) in [6, 6.07) is 10.5. The average molecular weight is 330 g/mol. The minimum atomic E-state index is -0.240. The molecule has 1 N–H and O–H groups in total. The van der Waals surface area contributed by atoms with Crippen LogP contribution < -0.4 is 5.32 Å². The van der Waals surface area contributed by atoms with Crippen LogP contribution in [-0.4, -0.2) is 39.8 Å². The molecule has 4 nitrogen and oxygen atoms in total. The molecule has 6 heteroatoms. The van der Waals surface area contributed by atoms with Crippen molar-refractivity contribution in [3.63, 3.8) is 0 Å². The number of hydrogen-bond acceptors (Lipinski definition) is 4. The van der Waals surface area contributed by atoms with Gasteiger partial charge in [-0.05, 0) is 55.1 Å². The van der Waals surface area contributed by atoms with E-state index in [0.717, 1.165) is 34.1 Å². The highest BCUT2D eigenvalue weighted by atomic mass is 32.2. The first-order chi connectivity index (χ1) is 11.1. The molecule has 1 aromatic carbocycles. The molecule has 1 aliphatic heterocycles. The maximum absolute atomic E-state index is 13.2. The number of halogens is 1. The van der Waals surface area contributed by atoms with E-state index < -0.39 is 0 Å². The molecule has 3 rings (SSSR count). The third kappa shape index (κ3) is 3.12. The van der Waals surface area contributed by atoms with E-state index in [2.05, 4.69) is 21.7 Å². The van der Waals surface area contributed by atoms with Gasteiger partial charge in [0.2, 0.25) is 0 Å². The summed E-state index contributed by atoms with van der Waals surface area (Å²) >= 11 is 0. The van der Waals surface area contributed by atoms with Gasteiger partial charge >= 0.3 is 0 Å². The van der Waals surface area contributed by atoms with Crippen LogP contribution in [0.5, 0.6) is 0 Å². The molecular formula is C17H19FN4S. The van der Waals surface area contributed by atoms with Crippen LogP contribution >= 0.6 is 10.7 Å². The zero-order valence-electron chi connectivity index (χ0n) is 13.4. The van der Waals surface area contributed by atoms with Gasteiger partial charge in [-0.2, -0.15) is 5.10 Å². The maximum Gasteiger partial charge on any atom is 0.126 e. The molecule has 0 amide bonds. The molecule has 120 valence electrons. The number of hydrazone groups is 1. The Morgan fingerprint density at radius 3 is 2.61 bits per heavy atom. The third-order valence-electron chi connectivity index (χ3n) is 3.65. The molecule has 1 aromatic heterocycles. The van der Waals surface area contributed by atoms with Gasteiger partial charge in [-0.25, -0.2) is 13.8 Å². The predicted molar refractivity (Wildman–Crippen MR) is 96.7 cm³/mol. The van der Waals surface area contributed by atoms with Crippen molar-refractivity contribution in [1.29, 1.82) is 0 Å². The second-order valence-electron chi connectivity index (χ2n) is 5.19. The van der Waals surface area contributed by atoms with Gasteiger partial charge in [0.1, 0.15) is 17.3 Å². The summed E-state index contributed by atoms with van der Waals surface area (Å²) < 4.78 is 15.2. The number of hydrogen-bond donors (Lipinski definition) is 1. The fourth-order valence-electron chi connectivity index (χ4n) is 2.47. The van der Waals surface area contributed by atoms with Gasteiger partial charge in [0, 0.05) is 25.4 Å². The van der Waals surface area contributed by atoms with Crippen LogP contribution in [0.3, 0.4) is 0 Å². The quantitative estimate of drug-likeness (QED) is 0.874. The van der Waals surface area contributed by atoms with E-state index in [1.54, 1.807) is 18.3 Å². The second kappa shape index (κ2) is 6.50. The normalized spacial score (nSPS) is 17.4. The topological polar surface area (TPSA) is 40.5 Å². The fourth-order valence-corrected chi connectivity index (χ4v) is 3.85. The van der Waals surface area contributed by atoms with E-state index in [1.165, 1.54) is 12.1 Å². The standard InChI is InChI=1S/C17H19FN4S/c1-4-19-15-11-13(9-10-20-15)17-16(21-22(2)23(17)3)12-5-7-14(18)8-6-12/h5-11H,4H2,1-3H3,(H,19,20). The van der Waals surface area contributed by atoms with Crippen molar-refractivity contribution in [3.8, 4) is 0 Å². The molecule has 0 saturated carbocycles. The first kappa shape index (κ1) is 15.7. The Morgan fingerprint density at radius 2 is 1.91 bits per heavy atom. The van der Waals surface area contributed by atoms with Gasteiger partial charge in [0.05, 0.1) is 4.86 Å². The van der Waals surface area contributed by atoms with Crippen LogP contribution in [0.4, 0.5) is 10.2 Å². The van der Waals surface area contributed by atoms with Crippen molar-refractivity contribution < 1.29 is 4.39 Å². The molecule has 2 aromatic rings. The molecule has 23 heavy (non-hydrogen) atoms. The number of aromatic nitrogens is 1. The van der Waals surface area contributed by atoms with Crippen molar-refractivity contribution in [2.24, 2.45) is 5.10 Å². The Hall–Kier alpha value is -2.21. The largest absolute Gasteiger partial charge is 0.370 e. The number of nitrogens with one attached hydrogen (secondary N) is 1. The Labute approximate surface area is 138 Å². The van der Waals surface area contributed by atoms with Crippen LogP contribution in [0.25, 0.3) is 0 Å². The Bertz CT molecular complexity index is 783. The lowest BCUT2D eigenvalue weighted by Crippen LogP contribution is -2.15. The molecular weight excluding hydrogens is 311 g/mol. The van der Waals surface area contributed by atoms with Crippen molar-refractivity contribution in [1.82, 2.24) is 9.40 Å². The summed E-state index contributed by atoms with van der Waals surface area (Å²) in [6.45, 7) is 2.86. The summed E-state index contributed by atoms with van der Waals surface area (Å²) in [4.78, 5) is 5.48. The Balaban J connectivity index is 2.06. The van der Waals surface area contributed by atoms with Gasteiger partial charge in [-0.15, -0.1) is 0 Å². The molecule has 0 saturated heterocycles. The molecule has 0 fully saturated rings. The molecule has 0 aliphatic carbocycles. The minimum absolute atomic E-state index is 0.157. The summed E-state index contributed by atoms with van der Waals surface area (Å²) in [5.41, 5.74) is 2.91. The predicted octanol–water partition coefficient (Wildman–Crippen LogP) is 3.34. The van der Waals surface area contributed by atoms with Gasteiger partial charge in [-0.1, -0.05) is 10.7 Å². The van der Waals surface area contributed by atoms with E-state index in [0.29, 0.717) is 0 Å². The smallest absolute Gasteiger partial charge is 0.126 e. The Morgan fingerprint density at radius 1 is 1.17 bits per heavy atom. The second-order valence-corrected chi connectivity index (χ2v) is 7.08. The van der Waals surface area contributed by atoms with Crippen LogP contribution in [0.15, 0.2) is 47.7 Å². The van der Waals surface area contributed by atoms with Crippen LogP contribution in [-0.2, 0) is 0 Å². The molecule has 0 bridgehead atoms. The summed E-state index contributed by atoms with van der Waals surface area (Å²) in [5.74, 6) is 0.610. The molecule has 0 radical (unpaired) electrons. The highest BCUT2D eigenvalue weighted by Crippen LogP contribution is 2.29. The monoisotopic (exact) mass is 330 g/mol. The van der Waals surface area contributed by atoms with Crippen molar-refractivity contribution >= 4 is 27.1 Å². The van der Waals surface area contributed by atoms with E-state index in [1.807, 2.05) is 30.5 Å². The van der Waals surface area contributed by atoms with Gasteiger partial charge < -0.3 is 5.32 Å². The highest BCUT2D eigenvalue weighted by Gasteiger charge is 2.23. The van der Waals surface area contributed by atoms with Crippen LogP contribution in [0.2, 0.25) is 0 Å². The SMILES string of the molecule is CCNc1cc(C2=S(C)N(C)N=C2c2ccc(F)cc2)ccn1. The van der Waals surface area contributed by atoms with Gasteiger partial charge in [-0.3, -0.25) is 0 Å². The lowest BCUT2D eigenvalue weighted by Gasteiger charge is -2.12. The first-order valence-corrected chi connectivity index (χ1v) is 9.01. The summed E-state index contributed by atoms with van der Waals surface area (Å²) in [7, 11) is 1.81. The summed E-state index contributed by atoms with van der Waals surface area (Å²) in [5, 5.41) is 7.90. The highest BCUT2D eigenvalue weighted by molar-refractivity contribution is 8.15.